The molecule has 0 aliphatic carbocycles. The summed E-state index contributed by atoms with van der Waals surface area (Å²) in [7, 11) is 0. The Kier molecular flexibility index (Phi) is 6.54. The van der Waals surface area contributed by atoms with E-state index in [4.69, 9.17) is 17.3 Å². The molecule has 5 heteroatoms. The maximum atomic E-state index is 12.1. The molecule has 0 saturated carbocycles. The summed E-state index contributed by atoms with van der Waals surface area (Å²) in [5, 5.41) is 3.44. The molecule has 2 aromatic rings. The number of aliphatic imine (C=N–C) groups is 1. The van der Waals surface area contributed by atoms with E-state index in [-0.39, 0.29) is 5.91 Å². The van der Waals surface area contributed by atoms with Crippen molar-refractivity contribution in [2.75, 3.05) is 5.32 Å². The fourth-order valence-corrected chi connectivity index (χ4v) is 2.38. The zero-order chi connectivity index (χ0) is 18.2. The molecule has 2 rings (SSSR count). The third-order valence-electron chi connectivity index (χ3n) is 3.65. The smallest absolute Gasteiger partial charge is 0.248 e. The summed E-state index contributed by atoms with van der Waals surface area (Å²) >= 11 is 5.83. The lowest BCUT2D eigenvalue weighted by atomic mass is 10.0. The van der Waals surface area contributed by atoms with Gasteiger partial charge in [0.15, 0.2) is 0 Å². The summed E-state index contributed by atoms with van der Waals surface area (Å²) in [5.74, 6) is -0.187. The van der Waals surface area contributed by atoms with Gasteiger partial charge in [-0.25, -0.2) is 0 Å². The molecule has 0 atom stereocenters. The lowest BCUT2D eigenvalue weighted by Gasteiger charge is -2.06. The van der Waals surface area contributed by atoms with Gasteiger partial charge >= 0.3 is 0 Å². The number of nitrogens with zero attached hydrogens (tertiary/aromatic N) is 1. The Morgan fingerprint density at radius 1 is 1.20 bits per heavy atom. The number of nitrogens with one attached hydrogen (secondary N) is 1. The summed E-state index contributed by atoms with van der Waals surface area (Å²) in [6.45, 7) is 5.38. The van der Waals surface area contributed by atoms with Crippen LogP contribution in [-0.2, 0) is 11.2 Å². The molecule has 0 aliphatic heterocycles. The molecule has 128 valence electrons. The molecule has 0 spiro atoms. The number of benzene rings is 2. The average molecular weight is 354 g/mol. The van der Waals surface area contributed by atoms with Gasteiger partial charge in [0.05, 0.1) is 5.70 Å². The zero-order valence-electron chi connectivity index (χ0n) is 14.0. The second kappa shape index (κ2) is 8.85. The van der Waals surface area contributed by atoms with Crippen LogP contribution in [0, 0.1) is 0 Å². The van der Waals surface area contributed by atoms with Crippen LogP contribution in [0.5, 0.6) is 0 Å². The van der Waals surface area contributed by atoms with Gasteiger partial charge in [-0.1, -0.05) is 35.9 Å². The minimum absolute atomic E-state index is 0.187. The van der Waals surface area contributed by atoms with Crippen LogP contribution in [0.25, 0.3) is 5.57 Å². The Hall–Kier alpha value is -2.85. The van der Waals surface area contributed by atoms with Gasteiger partial charge in [0.2, 0.25) is 5.91 Å². The van der Waals surface area contributed by atoms with E-state index in [9.17, 15) is 4.79 Å². The maximum absolute atomic E-state index is 12.1. The van der Waals surface area contributed by atoms with Crippen LogP contribution in [0.4, 0.5) is 5.69 Å². The van der Waals surface area contributed by atoms with Gasteiger partial charge in [-0.15, -0.1) is 0 Å². The number of halogens is 1. The van der Waals surface area contributed by atoms with E-state index in [1.54, 1.807) is 30.3 Å². The number of allylic oxidation sites excluding steroid dienone is 2. The molecule has 0 aliphatic rings. The molecule has 3 N–H and O–H groups in total. The minimum Gasteiger partial charge on any atom is -0.403 e. The van der Waals surface area contributed by atoms with E-state index in [0.717, 1.165) is 22.4 Å². The highest BCUT2D eigenvalue weighted by Crippen LogP contribution is 2.18. The summed E-state index contributed by atoms with van der Waals surface area (Å²) in [5.41, 5.74) is 9.82. The highest BCUT2D eigenvalue weighted by Gasteiger charge is 2.03. The van der Waals surface area contributed by atoms with Crippen LogP contribution in [0.1, 0.15) is 18.1 Å². The quantitative estimate of drug-likeness (QED) is 0.596. The molecule has 0 heterocycles. The lowest BCUT2D eigenvalue weighted by Crippen LogP contribution is -2.08. The first-order valence-electron chi connectivity index (χ1n) is 7.73. The standard InChI is InChI=1S/C20H20ClN3O/c1-14(11-20(25)24-18-9-7-17(21)8-10-18)16-5-3-15(4-6-16)12-19(13-22)23-2/h3-11,13H,2,12,22H2,1H3,(H,24,25)/b14-11+,19-13-. The molecule has 0 unspecified atom stereocenters. The zero-order valence-corrected chi connectivity index (χ0v) is 14.8. The van der Waals surface area contributed by atoms with Crippen molar-refractivity contribution < 1.29 is 4.79 Å². The van der Waals surface area contributed by atoms with E-state index in [1.807, 2.05) is 31.2 Å². The molecular weight excluding hydrogens is 334 g/mol. The molecule has 1 amide bonds. The first-order valence-corrected chi connectivity index (χ1v) is 8.11. The van der Waals surface area contributed by atoms with Crippen molar-refractivity contribution >= 4 is 35.5 Å². The molecular formula is C20H20ClN3O. The second-order valence-corrected chi connectivity index (χ2v) is 5.95. The molecule has 0 radical (unpaired) electrons. The molecule has 0 fully saturated rings. The number of nitrogens with two attached hydrogens (primary N) is 1. The van der Waals surface area contributed by atoms with Gasteiger partial charge in [0, 0.05) is 29.4 Å². The van der Waals surface area contributed by atoms with Gasteiger partial charge in [-0.3, -0.25) is 9.79 Å². The minimum atomic E-state index is -0.187. The van der Waals surface area contributed by atoms with Crippen LogP contribution < -0.4 is 11.1 Å². The molecule has 0 bridgehead atoms. The fourth-order valence-electron chi connectivity index (χ4n) is 2.25. The Morgan fingerprint density at radius 2 is 1.84 bits per heavy atom. The van der Waals surface area contributed by atoms with Crippen LogP contribution >= 0.6 is 11.6 Å². The van der Waals surface area contributed by atoms with E-state index in [1.165, 1.54) is 6.20 Å². The summed E-state index contributed by atoms with van der Waals surface area (Å²) < 4.78 is 0. The van der Waals surface area contributed by atoms with Gasteiger partial charge in [-0.05, 0) is 54.6 Å². The number of amides is 1. The fraction of sp³-hybridized carbons (Fsp3) is 0.100. The Labute approximate surface area is 152 Å². The number of carbonyl (C=O) groups is 1. The molecule has 25 heavy (non-hydrogen) atoms. The van der Waals surface area contributed by atoms with Crippen molar-refractivity contribution in [2.24, 2.45) is 10.7 Å². The van der Waals surface area contributed by atoms with Gasteiger partial charge in [-0.2, -0.15) is 0 Å². The van der Waals surface area contributed by atoms with Crippen LogP contribution in [0.3, 0.4) is 0 Å². The van der Waals surface area contributed by atoms with Crippen molar-refractivity contribution in [2.45, 2.75) is 13.3 Å². The first-order chi connectivity index (χ1) is 12.0. The monoisotopic (exact) mass is 353 g/mol. The van der Waals surface area contributed by atoms with Gasteiger partial charge in [0.1, 0.15) is 0 Å². The summed E-state index contributed by atoms with van der Waals surface area (Å²) in [4.78, 5) is 16.0. The predicted molar refractivity (Wildman–Crippen MR) is 106 cm³/mol. The van der Waals surface area contributed by atoms with E-state index in [0.29, 0.717) is 17.1 Å². The van der Waals surface area contributed by atoms with E-state index >= 15 is 0 Å². The predicted octanol–water partition coefficient (Wildman–Crippen LogP) is 4.43. The Balaban J connectivity index is 2.04. The van der Waals surface area contributed by atoms with Crippen LogP contribution in [0.2, 0.25) is 5.02 Å². The summed E-state index contributed by atoms with van der Waals surface area (Å²) in [6.07, 6.45) is 3.65. The van der Waals surface area contributed by atoms with Crippen molar-refractivity contribution in [3.63, 3.8) is 0 Å². The number of carbonyl (C=O) groups excluding carboxylic acids is 1. The highest BCUT2D eigenvalue weighted by atomic mass is 35.5. The number of rotatable bonds is 6. The third kappa shape index (κ3) is 5.62. The lowest BCUT2D eigenvalue weighted by molar-refractivity contribution is -0.111. The molecule has 0 aromatic heterocycles. The maximum Gasteiger partial charge on any atom is 0.248 e. The van der Waals surface area contributed by atoms with Gasteiger partial charge < -0.3 is 11.1 Å². The van der Waals surface area contributed by atoms with Crippen molar-refractivity contribution in [1.82, 2.24) is 0 Å². The molecule has 2 aromatic carbocycles. The number of hydrogen-bond donors (Lipinski definition) is 2. The second-order valence-electron chi connectivity index (χ2n) is 5.51. The Morgan fingerprint density at radius 3 is 2.40 bits per heavy atom. The molecule has 0 saturated heterocycles. The van der Waals surface area contributed by atoms with Gasteiger partial charge in [0.25, 0.3) is 0 Å². The number of hydrogen-bond acceptors (Lipinski definition) is 3. The van der Waals surface area contributed by atoms with Crippen LogP contribution in [-0.4, -0.2) is 12.6 Å². The third-order valence-corrected chi connectivity index (χ3v) is 3.90. The highest BCUT2D eigenvalue weighted by molar-refractivity contribution is 6.30. The van der Waals surface area contributed by atoms with Crippen molar-refractivity contribution in [3.05, 3.63) is 82.7 Å². The SMILES string of the molecule is C=N/C(=C\N)Cc1ccc(/C(C)=C/C(=O)Nc2ccc(Cl)cc2)cc1. The average Bonchev–Trinajstić information content (AvgIpc) is 2.62. The number of anilines is 1. The van der Waals surface area contributed by atoms with Crippen molar-refractivity contribution in [1.29, 1.82) is 0 Å². The topological polar surface area (TPSA) is 67.5 Å². The Bertz CT molecular complexity index is 806. The molecule has 4 nitrogen and oxygen atoms in total. The largest absolute Gasteiger partial charge is 0.403 e. The van der Waals surface area contributed by atoms with Crippen molar-refractivity contribution in [3.8, 4) is 0 Å². The van der Waals surface area contributed by atoms with E-state index in [2.05, 4.69) is 17.0 Å². The summed E-state index contributed by atoms with van der Waals surface area (Å²) in [6, 6.07) is 14.9. The first kappa shape index (κ1) is 18.5. The van der Waals surface area contributed by atoms with E-state index < -0.39 is 0 Å². The normalized spacial score (nSPS) is 11.9. The van der Waals surface area contributed by atoms with Crippen LogP contribution in [0.15, 0.2) is 71.5 Å².